The fourth-order valence-electron chi connectivity index (χ4n) is 2.48. The molecule has 1 aromatic heterocycles. The summed E-state index contributed by atoms with van der Waals surface area (Å²) >= 11 is 5.81. The Morgan fingerprint density at radius 1 is 1.55 bits per heavy atom. The zero-order chi connectivity index (χ0) is 16.2. The van der Waals surface area contributed by atoms with Gasteiger partial charge in [0, 0.05) is 25.3 Å². The van der Waals surface area contributed by atoms with Crippen molar-refractivity contribution in [1.29, 1.82) is 0 Å². The van der Waals surface area contributed by atoms with Gasteiger partial charge in [-0.25, -0.2) is 14.8 Å². The number of hydrogen-bond acceptors (Lipinski definition) is 5. The first-order chi connectivity index (χ1) is 10.3. The number of hydrogen-bond donors (Lipinski definition) is 1. The highest BCUT2D eigenvalue weighted by Gasteiger charge is 2.24. The van der Waals surface area contributed by atoms with Crippen molar-refractivity contribution >= 4 is 17.7 Å². The van der Waals surface area contributed by atoms with Gasteiger partial charge in [-0.2, -0.15) is 0 Å². The van der Waals surface area contributed by atoms with Crippen LogP contribution in [-0.2, 0) is 11.3 Å². The fourth-order valence-corrected chi connectivity index (χ4v) is 2.64. The first-order valence-electron chi connectivity index (χ1n) is 7.51. The number of halogens is 1. The zero-order valence-electron chi connectivity index (χ0n) is 13.3. The van der Waals surface area contributed by atoms with Gasteiger partial charge in [-0.05, 0) is 57.8 Å². The van der Waals surface area contributed by atoms with Gasteiger partial charge in [0.05, 0.1) is 5.69 Å². The minimum Gasteiger partial charge on any atom is -0.444 e. The number of ether oxygens (including phenoxy) is 1. The highest BCUT2D eigenvalue weighted by Crippen LogP contribution is 2.14. The van der Waals surface area contributed by atoms with E-state index >= 15 is 0 Å². The van der Waals surface area contributed by atoms with Crippen molar-refractivity contribution in [3.63, 3.8) is 0 Å². The average Bonchev–Trinajstić information content (AvgIpc) is 2.36. The largest absolute Gasteiger partial charge is 0.444 e. The molecule has 1 fully saturated rings. The van der Waals surface area contributed by atoms with Crippen LogP contribution >= 0.6 is 11.6 Å². The van der Waals surface area contributed by atoms with Crippen LogP contribution in [0.4, 0.5) is 4.79 Å². The van der Waals surface area contributed by atoms with Crippen LogP contribution in [0.1, 0.15) is 39.3 Å². The number of aromatic nitrogens is 2. The molecule has 1 atom stereocenters. The second-order valence-corrected chi connectivity index (χ2v) is 6.88. The summed E-state index contributed by atoms with van der Waals surface area (Å²) in [7, 11) is 0. The van der Waals surface area contributed by atoms with E-state index in [1.807, 2.05) is 26.8 Å². The lowest BCUT2D eigenvalue weighted by atomic mass is 10.1. The van der Waals surface area contributed by atoms with E-state index in [1.165, 1.54) is 0 Å². The molecule has 1 saturated heterocycles. The molecule has 1 N–H and O–H groups in total. The molecular formula is C15H23ClN4O2. The summed E-state index contributed by atoms with van der Waals surface area (Å²) in [6, 6.07) is 1.96. The molecule has 1 aliphatic rings. The minimum atomic E-state index is -0.476. The van der Waals surface area contributed by atoms with E-state index < -0.39 is 5.60 Å². The van der Waals surface area contributed by atoms with Crippen molar-refractivity contribution in [3.8, 4) is 0 Å². The van der Waals surface area contributed by atoms with Crippen LogP contribution < -0.4 is 5.32 Å². The van der Waals surface area contributed by atoms with Gasteiger partial charge < -0.3 is 10.1 Å². The van der Waals surface area contributed by atoms with E-state index in [1.54, 1.807) is 6.20 Å². The molecule has 1 unspecified atom stereocenters. The predicted octanol–water partition coefficient (Wildman–Crippen LogP) is 2.62. The highest BCUT2D eigenvalue weighted by molar-refractivity contribution is 6.28. The first kappa shape index (κ1) is 17.0. The Kier molecular flexibility index (Phi) is 5.58. The quantitative estimate of drug-likeness (QED) is 0.865. The van der Waals surface area contributed by atoms with Gasteiger partial charge in [0.25, 0.3) is 0 Å². The van der Waals surface area contributed by atoms with Crippen molar-refractivity contribution in [2.45, 2.75) is 51.8 Å². The van der Waals surface area contributed by atoms with Crippen molar-refractivity contribution in [1.82, 2.24) is 20.2 Å². The second kappa shape index (κ2) is 7.24. The summed E-state index contributed by atoms with van der Waals surface area (Å²) < 4.78 is 5.30. The predicted molar refractivity (Wildman–Crippen MR) is 84.7 cm³/mol. The van der Waals surface area contributed by atoms with E-state index in [0.29, 0.717) is 6.54 Å². The summed E-state index contributed by atoms with van der Waals surface area (Å²) in [6.45, 7) is 8.04. The van der Waals surface area contributed by atoms with Crippen LogP contribution in [0.25, 0.3) is 0 Å². The number of rotatable bonds is 3. The first-order valence-corrected chi connectivity index (χ1v) is 7.89. The number of nitrogens with one attached hydrogen (secondary N) is 1. The standard InChI is InChI=1S/C15H23ClN4O2/c1-15(2,3)22-14(21)19-11-5-4-8-20(9-11)10-12-6-7-17-13(16)18-12/h6-7,11H,4-5,8-10H2,1-3H3,(H,19,21). The van der Waals surface area contributed by atoms with E-state index in [2.05, 4.69) is 20.2 Å². The second-order valence-electron chi connectivity index (χ2n) is 6.54. The Bertz CT molecular complexity index is 519. The Morgan fingerprint density at radius 2 is 2.32 bits per heavy atom. The maximum absolute atomic E-state index is 11.8. The Labute approximate surface area is 136 Å². The number of likely N-dealkylation sites (tertiary alicyclic amines) is 1. The number of amides is 1. The maximum Gasteiger partial charge on any atom is 0.407 e. The third-order valence-corrected chi connectivity index (χ3v) is 3.48. The topological polar surface area (TPSA) is 67.3 Å². The van der Waals surface area contributed by atoms with E-state index in [4.69, 9.17) is 16.3 Å². The number of piperidine rings is 1. The SMILES string of the molecule is CC(C)(C)OC(=O)NC1CCCN(Cc2ccnc(Cl)n2)C1. The molecule has 122 valence electrons. The number of nitrogens with zero attached hydrogens (tertiary/aromatic N) is 3. The molecule has 1 amide bonds. The van der Waals surface area contributed by atoms with Crippen LogP contribution in [0, 0.1) is 0 Å². The highest BCUT2D eigenvalue weighted by atomic mass is 35.5. The van der Waals surface area contributed by atoms with Crippen molar-refractivity contribution in [3.05, 3.63) is 23.2 Å². The maximum atomic E-state index is 11.8. The number of alkyl carbamates (subject to hydrolysis) is 1. The molecule has 2 heterocycles. The molecule has 0 aliphatic carbocycles. The lowest BCUT2D eigenvalue weighted by Crippen LogP contribution is -2.48. The van der Waals surface area contributed by atoms with Crippen molar-refractivity contribution in [2.24, 2.45) is 0 Å². The molecule has 0 aromatic carbocycles. The van der Waals surface area contributed by atoms with Gasteiger partial charge >= 0.3 is 6.09 Å². The third kappa shape index (κ3) is 5.77. The molecule has 22 heavy (non-hydrogen) atoms. The lowest BCUT2D eigenvalue weighted by Gasteiger charge is -2.33. The summed E-state index contributed by atoms with van der Waals surface area (Å²) in [5.74, 6) is 0. The van der Waals surface area contributed by atoms with Crippen LogP contribution in [0.15, 0.2) is 12.3 Å². The summed E-state index contributed by atoms with van der Waals surface area (Å²) in [5, 5.41) is 3.20. The molecular weight excluding hydrogens is 304 g/mol. The zero-order valence-corrected chi connectivity index (χ0v) is 14.1. The van der Waals surface area contributed by atoms with E-state index in [9.17, 15) is 4.79 Å². The van der Waals surface area contributed by atoms with Crippen LogP contribution in [0.2, 0.25) is 5.28 Å². The molecule has 1 aliphatic heterocycles. The third-order valence-electron chi connectivity index (χ3n) is 3.30. The average molecular weight is 327 g/mol. The molecule has 0 bridgehead atoms. The number of carbonyl (C=O) groups excluding carboxylic acids is 1. The normalized spacial score (nSPS) is 19.7. The number of carbonyl (C=O) groups is 1. The van der Waals surface area contributed by atoms with Gasteiger partial charge in [0.1, 0.15) is 5.60 Å². The Hall–Kier alpha value is -1.40. The molecule has 0 radical (unpaired) electrons. The molecule has 6 nitrogen and oxygen atoms in total. The van der Waals surface area contributed by atoms with Gasteiger partial charge in [-0.3, -0.25) is 4.90 Å². The fraction of sp³-hybridized carbons (Fsp3) is 0.667. The van der Waals surface area contributed by atoms with Gasteiger partial charge in [0.15, 0.2) is 0 Å². The molecule has 1 aromatic rings. The van der Waals surface area contributed by atoms with Crippen molar-refractivity contribution < 1.29 is 9.53 Å². The van der Waals surface area contributed by atoms with Crippen LogP contribution in [0.5, 0.6) is 0 Å². The lowest BCUT2D eigenvalue weighted by molar-refractivity contribution is 0.0470. The molecule has 0 spiro atoms. The van der Waals surface area contributed by atoms with Gasteiger partial charge in [0.2, 0.25) is 5.28 Å². The van der Waals surface area contributed by atoms with Crippen LogP contribution in [-0.4, -0.2) is 45.7 Å². The van der Waals surface area contributed by atoms with E-state index in [0.717, 1.165) is 31.6 Å². The summed E-state index contributed by atoms with van der Waals surface area (Å²) in [4.78, 5) is 22.2. The van der Waals surface area contributed by atoms with Gasteiger partial charge in [-0.1, -0.05) is 0 Å². The van der Waals surface area contributed by atoms with E-state index in [-0.39, 0.29) is 17.4 Å². The van der Waals surface area contributed by atoms with Crippen molar-refractivity contribution in [2.75, 3.05) is 13.1 Å². The molecule has 0 saturated carbocycles. The molecule has 7 heteroatoms. The Balaban J connectivity index is 1.85. The monoisotopic (exact) mass is 326 g/mol. The minimum absolute atomic E-state index is 0.0981. The van der Waals surface area contributed by atoms with Crippen LogP contribution in [0.3, 0.4) is 0 Å². The summed E-state index contributed by atoms with van der Waals surface area (Å²) in [6.07, 6.45) is 3.29. The summed E-state index contributed by atoms with van der Waals surface area (Å²) in [5.41, 5.74) is 0.411. The van der Waals surface area contributed by atoms with Gasteiger partial charge in [-0.15, -0.1) is 0 Å². The molecule has 2 rings (SSSR count). The Morgan fingerprint density at radius 3 is 3.00 bits per heavy atom. The smallest absolute Gasteiger partial charge is 0.407 e.